The summed E-state index contributed by atoms with van der Waals surface area (Å²) in [6, 6.07) is 8.05. The van der Waals surface area contributed by atoms with E-state index in [9.17, 15) is 0 Å². The summed E-state index contributed by atoms with van der Waals surface area (Å²) < 4.78 is 5.95. The van der Waals surface area contributed by atoms with Crippen LogP contribution in [0.4, 0.5) is 0 Å². The summed E-state index contributed by atoms with van der Waals surface area (Å²) in [5, 5.41) is 0. The van der Waals surface area contributed by atoms with Crippen LogP contribution in [0, 0.1) is 0 Å². The van der Waals surface area contributed by atoms with Crippen LogP contribution in [-0.4, -0.2) is 44.5 Å². The molecule has 5 heterocycles. The average molecular weight is 359 g/mol. The van der Waals surface area contributed by atoms with Crippen LogP contribution in [-0.2, 0) is 23.3 Å². The third-order valence-corrected chi connectivity index (χ3v) is 5.48. The van der Waals surface area contributed by atoms with Crippen LogP contribution in [0.3, 0.4) is 0 Å². The molecule has 27 heavy (non-hydrogen) atoms. The molecule has 0 amide bonds. The number of likely N-dealkylation sites (tertiary alicyclic amines) is 1. The molecule has 0 saturated carbocycles. The molecule has 2 aliphatic rings. The molecule has 6 heteroatoms. The van der Waals surface area contributed by atoms with Gasteiger partial charge in [0.15, 0.2) is 5.82 Å². The van der Waals surface area contributed by atoms with E-state index < -0.39 is 0 Å². The van der Waals surface area contributed by atoms with E-state index in [-0.39, 0.29) is 5.41 Å². The van der Waals surface area contributed by atoms with Crippen LogP contribution >= 0.6 is 0 Å². The second kappa shape index (κ2) is 6.79. The van der Waals surface area contributed by atoms with Crippen LogP contribution in [0.15, 0.2) is 55.2 Å². The maximum atomic E-state index is 5.95. The fourth-order valence-corrected chi connectivity index (χ4v) is 4.18. The molecule has 1 atom stereocenters. The zero-order chi connectivity index (χ0) is 18.1. The summed E-state index contributed by atoms with van der Waals surface area (Å²) >= 11 is 0. The Bertz CT molecular complexity index is 934. The molecule has 0 bridgehead atoms. The number of hydrogen-bond donors (Lipinski definition) is 0. The molecule has 0 aliphatic carbocycles. The smallest absolute Gasteiger partial charge is 0.160 e. The Morgan fingerprint density at radius 2 is 1.96 bits per heavy atom. The minimum atomic E-state index is -0.0598. The zero-order valence-corrected chi connectivity index (χ0v) is 15.1. The van der Waals surface area contributed by atoms with E-state index >= 15 is 0 Å². The normalized spacial score (nSPS) is 22.1. The van der Waals surface area contributed by atoms with Crippen molar-refractivity contribution in [3.63, 3.8) is 0 Å². The topological polar surface area (TPSA) is 64.0 Å². The molecule has 1 spiro atoms. The molecule has 0 radical (unpaired) electrons. The van der Waals surface area contributed by atoms with Crippen molar-refractivity contribution >= 4 is 0 Å². The minimum absolute atomic E-state index is 0.0598. The molecule has 3 aromatic rings. The Morgan fingerprint density at radius 1 is 1.07 bits per heavy atom. The first-order chi connectivity index (χ1) is 13.3. The monoisotopic (exact) mass is 359 g/mol. The summed E-state index contributed by atoms with van der Waals surface area (Å²) in [5.41, 5.74) is 4.39. The summed E-state index contributed by atoms with van der Waals surface area (Å²) in [5.74, 6) is 0.744. The van der Waals surface area contributed by atoms with Gasteiger partial charge in [0.1, 0.15) is 0 Å². The fraction of sp³-hybridized carbons (Fsp3) is 0.333. The van der Waals surface area contributed by atoms with Crippen LogP contribution in [0.25, 0.3) is 11.4 Å². The highest BCUT2D eigenvalue weighted by Gasteiger charge is 2.44. The maximum absolute atomic E-state index is 5.95. The van der Waals surface area contributed by atoms with Gasteiger partial charge in [0.2, 0.25) is 0 Å². The number of nitrogens with zero attached hydrogens (tertiary/aromatic N) is 5. The van der Waals surface area contributed by atoms with Crippen molar-refractivity contribution in [1.82, 2.24) is 24.8 Å². The maximum Gasteiger partial charge on any atom is 0.160 e. The summed E-state index contributed by atoms with van der Waals surface area (Å²) in [6.07, 6.45) is 10.3. The van der Waals surface area contributed by atoms with Gasteiger partial charge in [-0.25, -0.2) is 9.97 Å². The van der Waals surface area contributed by atoms with Crippen molar-refractivity contribution in [3.8, 4) is 11.4 Å². The van der Waals surface area contributed by atoms with Crippen LogP contribution in [0.1, 0.15) is 23.2 Å². The van der Waals surface area contributed by atoms with E-state index in [0.29, 0.717) is 13.2 Å². The lowest BCUT2D eigenvalue weighted by atomic mass is 9.80. The zero-order valence-electron chi connectivity index (χ0n) is 15.1. The van der Waals surface area contributed by atoms with Gasteiger partial charge >= 0.3 is 0 Å². The predicted molar refractivity (Wildman–Crippen MR) is 101 cm³/mol. The van der Waals surface area contributed by atoms with Crippen LogP contribution in [0.5, 0.6) is 0 Å². The van der Waals surface area contributed by atoms with Gasteiger partial charge in [-0.3, -0.25) is 14.9 Å². The second-order valence-electron chi connectivity index (χ2n) is 7.40. The van der Waals surface area contributed by atoms with Gasteiger partial charge in [0, 0.05) is 55.2 Å². The number of fused-ring (bicyclic) bond motifs is 2. The lowest BCUT2D eigenvalue weighted by Gasteiger charge is -2.34. The minimum Gasteiger partial charge on any atom is -0.376 e. The Labute approximate surface area is 158 Å². The molecule has 1 saturated heterocycles. The van der Waals surface area contributed by atoms with E-state index in [4.69, 9.17) is 9.72 Å². The van der Waals surface area contributed by atoms with E-state index in [0.717, 1.165) is 48.7 Å². The van der Waals surface area contributed by atoms with E-state index in [2.05, 4.69) is 25.9 Å². The molecule has 136 valence electrons. The van der Waals surface area contributed by atoms with Gasteiger partial charge < -0.3 is 4.74 Å². The largest absolute Gasteiger partial charge is 0.376 e. The number of pyridine rings is 2. The molecule has 0 unspecified atom stereocenters. The lowest BCUT2D eigenvalue weighted by molar-refractivity contribution is 0.0503. The molecule has 6 nitrogen and oxygen atoms in total. The number of rotatable bonds is 3. The second-order valence-corrected chi connectivity index (χ2v) is 7.40. The van der Waals surface area contributed by atoms with Crippen molar-refractivity contribution in [2.24, 2.45) is 0 Å². The highest BCUT2D eigenvalue weighted by Crippen LogP contribution is 2.39. The van der Waals surface area contributed by atoms with E-state index in [1.165, 1.54) is 5.56 Å². The van der Waals surface area contributed by atoms with Gasteiger partial charge in [-0.15, -0.1) is 0 Å². The molecular weight excluding hydrogens is 338 g/mol. The molecule has 3 aromatic heterocycles. The van der Waals surface area contributed by atoms with Gasteiger partial charge in [-0.2, -0.15) is 0 Å². The first-order valence-electron chi connectivity index (χ1n) is 9.28. The number of hydrogen-bond acceptors (Lipinski definition) is 6. The van der Waals surface area contributed by atoms with E-state index in [1.807, 2.05) is 43.0 Å². The average Bonchev–Trinajstić information content (AvgIpc) is 3.12. The lowest BCUT2D eigenvalue weighted by Crippen LogP contribution is -2.40. The Kier molecular flexibility index (Phi) is 4.14. The molecule has 5 rings (SSSR count). The first-order valence-corrected chi connectivity index (χ1v) is 9.28. The van der Waals surface area contributed by atoms with Crippen LogP contribution < -0.4 is 0 Å². The molecule has 2 aliphatic heterocycles. The third kappa shape index (κ3) is 3.11. The van der Waals surface area contributed by atoms with E-state index in [1.54, 1.807) is 6.20 Å². The van der Waals surface area contributed by atoms with Crippen molar-refractivity contribution in [2.75, 3.05) is 19.7 Å². The summed E-state index contributed by atoms with van der Waals surface area (Å²) in [4.78, 5) is 20.5. The van der Waals surface area contributed by atoms with Gasteiger partial charge in [0.05, 0.1) is 24.3 Å². The quantitative estimate of drug-likeness (QED) is 0.716. The van der Waals surface area contributed by atoms with Crippen molar-refractivity contribution in [1.29, 1.82) is 0 Å². The fourth-order valence-electron chi connectivity index (χ4n) is 4.18. The van der Waals surface area contributed by atoms with Crippen molar-refractivity contribution < 1.29 is 4.74 Å². The molecular formula is C21H21N5O. The van der Waals surface area contributed by atoms with Crippen LogP contribution in [0.2, 0.25) is 0 Å². The molecule has 0 N–H and O–H groups in total. The molecule has 1 fully saturated rings. The summed E-state index contributed by atoms with van der Waals surface area (Å²) in [6.45, 7) is 4.19. The third-order valence-electron chi connectivity index (χ3n) is 5.48. The van der Waals surface area contributed by atoms with Gasteiger partial charge in [-0.1, -0.05) is 6.07 Å². The summed E-state index contributed by atoms with van der Waals surface area (Å²) in [7, 11) is 0. The first kappa shape index (κ1) is 16.5. The number of aromatic nitrogens is 4. The highest BCUT2D eigenvalue weighted by molar-refractivity contribution is 5.54. The van der Waals surface area contributed by atoms with Gasteiger partial charge in [-0.05, 0) is 36.7 Å². The number of ether oxygens (including phenoxy) is 1. The predicted octanol–water partition coefficient (Wildman–Crippen LogP) is 2.61. The highest BCUT2D eigenvalue weighted by atomic mass is 16.5. The van der Waals surface area contributed by atoms with Crippen molar-refractivity contribution in [2.45, 2.75) is 25.0 Å². The standard InChI is InChI=1S/C21H21N5O/c1-3-16(9-22-6-1)12-26-8-5-21(14-26)15-27-13-18-11-24-20(25-19(18)21)17-4-2-7-23-10-17/h1-4,6-7,9-11H,5,8,12-15H2/t21-/m0/s1. The Balaban J connectivity index is 1.45. The SMILES string of the molecule is c1cncc(CN2CC[C@@]3(COCc4cnc(-c5cccnc5)nc43)C2)c1. The van der Waals surface area contributed by atoms with Gasteiger partial charge in [0.25, 0.3) is 0 Å². The van der Waals surface area contributed by atoms with Crippen molar-refractivity contribution in [3.05, 3.63) is 72.1 Å². The molecule has 0 aromatic carbocycles. The Morgan fingerprint density at radius 3 is 2.78 bits per heavy atom. The Hall–Kier alpha value is -2.70.